The van der Waals surface area contributed by atoms with E-state index < -0.39 is 0 Å². The molecule has 17 heavy (non-hydrogen) atoms. The first-order chi connectivity index (χ1) is 8.06. The monoisotopic (exact) mass is 339 g/mol. The molecule has 0 aliphatic heterocycles. The summed E-state index contributed by atoms with van der Waals surface area (Å²) in [5, 5.41) is 0. The molecule has 0 unspecified atom stereocenters. The van der Waals surface area contributed by atoms with E-state index in [2.05, 4.69) is 54.6 Å². The van der Waals surface area contributed by atoms with Gasteiger partial charge in [-0.1, -0.05) is 23.8 Å². The molecular formula is C14H14INO. The summed E-state index contributed by atoms with van der Waals surface area (Å²) in [7, 11) is 0. The van der Waals surface area contributed by atoms with Crippen molar-refractivity contribution in [3.05, 3.63) is 67.1 Å². The first-order valence-electron chi connectivity index (χ1n) is 5.48. The average Bonchev–Trinajstić information content (AvgIpc) is 2.28. The predicted octanol–water partition coefficient (Wildman–Crippen LogP) is 3.12. The molecule has 2 rings (SSSR count). The minimum Gasteiger partial charge on any atom is -0.310 e. The lowest BCUT2D eigenvalue weighted by atomic mass is 10.1. The van der Waals surface area contributed by atoms with Crippen LogP contribution in [0, 0.1) is 17.4 Å². The minimum absolute atomic E-state index is 0.0475. The summed E-state index contributed by atoms with van der Waals surface area (Å²) in [4.78, 5) is 11.7. The summed E-state index contributed by atoms with van der Waals surface area (Å²) in [6.07, 6.45) is 1.89. The molecule has 0 spiro atoms. The highest BCUT2D eigenvalue weighted by Gasteiger charge is 2.02. The van der Waals surface area contributed by atoms with E-state index in [1.807, 2.05) is 12.3 Å². The lowest BCUT2D eigenvalue weighted by Gasteiger charge is -2.09. The van der Waals surface area contributed by atoms with Gasteiger partial charge in [-0.2, -0.15) is 0 Å². The molecule has 0 N–H and O–H groups in total. The Balaban J connectivity index is 2.41. The smallest absolute Gasteiger partial charge is 0.250 e. The standard InChI is InChI=1S/C14H14INO/c1-10-3-4-11(2)12(7-10)8-16-9-13(15)5-6-14(16)17/h3-7,9H,8H2,1-2H3. The van der Waals surface area contributed by atoms with Crippen LogP contribution in [-0.4, -0.2) is 4.57 Å². The highest BCUT2D eigenvalue weighted by molar-refractivity contribution is 14.1. The average molecular weight is 339 g/mol. The SMILES string of the molecule is Cc1ccc(C)c(Cn2cc(I)ccc2=O)c1. The number of rotatable bonds is 2. The molecule has 0 bridgehead atoms. The molecule has 0 fully saturated rings. The number of hydrogen-bond donors (Lipinski definition) is 0. The number of halogens is 1. The second-order valence-corrected chi connectivity index (χ2v) is 5.49. The number of pyridine rings is 1. The number of aryl methyl sites for hydroxylation is 2. The molecule has 2 nitrogen and oxygen atoms in total. The fourth-order valence-electron chi connectivity index (χ4n) is 1.78. The van der Waals surface area contributed by atoms with E-state index in [1.165, 1.54) is 16.7 Å². The Kier molecular flexibility index (Phi) is 3.66. The Morgan fingerprint density at radius 1 is 1.18 bits per heavy atom. The first-order valence-corrected chi connectivity index (χ1v) is 6.56. The number of hydrogen-bond acceptors (Lipinski definition) is 1. The molecule has 88 valence electrons. The van der Waals surface area contributed by atoms with Gasteiger partial charge in [0, 0.05) is 15.8 Å². The molecule has 0 aliphatic carbocycles. The van der Waals surface area contributed by atoms with E-state index in [9.17, 15) is 4.79 Å². The molecule has 3 heteroatoms. The summed E-state index contributed by atoms with van der Waals surface area (Å²) in [6, 6.07) is 9.79. The van der Waals surface area contributed by atoms with Crippen molar-refractivity contribution in [2.24, 2.45) is 0 Å². The van der Waals surface area contributed by atoms with Crippen molar-refractivity contribution in [1.82, 2.24) is 4.57 Å². The van der Waals surface area contributed by atoms with Crippen molar-refractivity contribution >= 4 is 22.6 Å². The van der Waals surface area contributed by atoms with Crippen LogP contribution in [0.4, 0.5) is 0 Å². The largest absolute Gasteiger partial charge is 0.310 e. The molecule has 1 aromatic heterocycles. The lowest BCUT2D eigenvalue weighted by Crippen LogP contribution is -2.19. The predicted molar refractivity (Wildman–Crippen MR) is 78.4 cm³/mol. The second kappa shape index (κ2) is 5.04. The molecule has 0 aliphatic rings. The molecule has 0 radical (unpaired) electrons. The summed E-state index contributed by atoms with van der Waals surface area (Å²) >= 11 is 2.22. The Morgan fingerprint density at radius 3 is 2.71 bits per heavy atom. The third-order valence-electron chi connectivity index (χ3n) is 2.79. The van der Waals surface area contributed by atoms with Gasteiger partial charge in [-0.05, 0) is 53.6 Å². The molecule has 1 heterocycles. The third kappa shape index (κ3) is 2.97. The second-order valence-electron chi connectivity index (χ2n) is 4.24. The Hall–Kier alpha value is -1.10. The van der Waals surface area contributed by atoms with E-state index in [0.29, 0.717) is 6.54 Å². The van der Waals surface area contributed by atoms with Crippen LogP contribution in [-0.2, 0) is 6.54 Å². The van der Waals surface area contributed by atoms with Crippen LogP contribution in [0.2, 0.25) is 0 Å². The van der Waals surface area contributed by atoms with E-state index in [4.69, 9.17) is 0 Å². The Labute approximate surface area is 114 Å². The normalized spacial score (nSPS) is 10.5. The van der Waals surface area contributed by atoms with Gasteiger partial charge in [-0.15, -0.1) is 0 Å². The molecule has 0 saturated carbocycles. The zero-order chi connectivity index (χ0) is 12.4. The van der Waals surface area contributed by atoms with Crippen LogP contribution in [0.25, 0.3) is 0 Å². The van der Waals surface area contributed by atoms with Gasteiger partial charge in [0.1, 0.15) is 0 Å². The van der Waals surface area contributed by atoms with Gasteiger partial charge in [0.05, 0.1) is 6.54 Å². The maximum absolute atomic E-state index is 11.7. The Morgan fingerprint density at radius 2 is 1.94 bits per heavy atom. The van der Waals surface area contributed by atoms with Crippen molar-refractivity contribution in [2.45, 2.75) is 20.4 Å². The quantitative estimate of drug-likeness (QED) is 0.771. The Bertz CT molecular complexity index is 601. The van der Waals surface area contributed by atoms with Crippen molar-refractivity contribution in [3.63, 3.8) is 0 Å². The van der Waals surface area contributed by atoms with Gasteiger partial charge >= 0.3 is 0 Å². The van der Waals surface area contributed by atoms with Crippen LogP contribution < -0.4 is 5.56 Å². The van der Waals surface area contributed by atoms with Gasteiger partial charge in [-0.3, -0.25) is 4.79 Å². The van der Waals surface area contributed by atoms with Crippen LogP contribution >= 0.6 is 22.6 Å². The van der Waals surface area contributed by atoms with E-state index in [1.54, 1.807) is 10.6 Å². The summed E-state index contributed by atoms with van der Waals surface area (Å²) < 4.78 is 2.83. The van der Waals surface area contributed by atoms with Crippen molar-refractivity contribution in [3.8, 4) is 0 Å². The molecule has 0 amide bonds. The van der Waals surface area contributed by atoms with E-state index in [-0.39, 0.29) is 5.56 Å². The minimum atomic E-state index is 0.0475. The highest BCUT2D eigenvalue weighted by Crippen LogP contribution is 2.12. The van der Waals surface area contributed by atoms with Crippen LogP contribution in [0.15, 0.2) is 41.3 Å². The van der Waals surface area contributed by atoms with E-state index in [0.717, 1.165) is 3.57 Å². The van der Waals surface area contributed by atoms with Gasteiger partial charge < -0.3 is 4.57 Å². The maximum atomic E-state index is 11.7. The van der Waals surface area contributed by atoms with Crippen LogP contribution in [0.3, 0.4) is 0 Å². The summed E-state index contributed by atoms with van der Waals surface area (Å²) in [5.41, 5.74) is 3.70. The lowest BCUT2D eigenvalue weighted by molar-refractivity contribution is 0.751. The zero-order valence-electron chi connectivity index (χ0n) is 9.90. The topological polar surface area (TPSA) is 22.0 Å². The van der Waals surface area contributed by atoms with Gasteiger partial charge in [0.2, 0.25) is 0 Å². The van der Waals surface area contributed by atoms with Crippen LogP contribution in [0.5, 0.6) is 0 Å². The molecular weight excluding hydrogens is 325 g/mol. The molecule has 2 aromatic rings. The van der Waals surface area contributed by atoms with Crippen molar-refractivity contribution < 1.29 is 0 Å². The zero-order valence-corrected chi connectivity index (χ0v) is 12.1. The van der Waals surface area contributed by atoms with E-state index >= 15 is 0 Å². The van der Waals surface area contributed by atoms with Crippen molar-refractivity contribution in [1.29, 1.82) is 0 Å². The summed E-state index contributed by atoms with van der Waals surface area (Å²) in [6.45, 7) is 4.79. The molecule has 1 aromatic carbocycles. The van der Waals surface area contributed by atoms with Crippen LogP contribution in [0.1, 0.15) is 16.7 Å². The fourth-order valence-corrected chi connectivity index (χ4v) is 2.30. The number of nitrogens with zero attached hydrogens (tertiary/aromatic N) is 1. The fraction of sp³-hybridized carbons (Fsp3) is 0.214. The molecule has 0 atom stereocenters. The van der Waals surface area contributed by atoms with Gasteiger partial charge in [0.15, 0.2) is 0 Å². The molecule has 0 saturated heterocycles. The van der Waals surface area contributed by atoms with Crippen molar-refractivity contribution in [2.75, 3.05) is 0 Å². The third-order valence-corrected chi connectivity index (χ3v) is 3.43. The highest BCUT2D eigenvalue weighted by atomic mass is 127. The summed E-state index contributed by atoms with van der Waals surface area (Å²) in [5.74, 6) is 0. The van der Waals surface area contributed by atoms with Gasteiger partial charge in [-0.25, -0.2) is 0 Å². The van der Waals surface area contributed by atoms with Gasteiger partial charge in [0.25, 0.3) is 5.56 Å². The number of benzene rings is 1. The first kappa shape index (κ1) is 12.4. The maximum Gasteiger partial charge on any atom is 0.250 e. The number of aromatic nitrogens is 1.